The molecule has 2 rings (SSSR count). The summed E-state index contributed by atoms with van der Waals surface area (Å²) >= 11 is 0. The van der Waals surface area contributed by atoms with Crippen LogP contribution in [0.5, 0.6) is 5.75 Å². The number of nitrogens with zero attached hydrogens (tertiary/aromatic N) is 1. The van der Waals surface area contributed by atoms with Gasteiger partial charge in [-0.05, 0) is 57.8 Å². The van der Waals surface area contributed by atoms with E-state index in [1.54, 1.807) is 6.07 Å². The van der Waals surface area contributed by atoms with Crippen molar-refractivity contribution in [3.05, 3.63) is 29.3 Å². The van der Waals surface area contributed by atoms with Crippen LogP contribution in [0.1, 0.15) is 30.9 Å². The van der Waals surface area contributed by atoms with Gasteiger partial charge in [0.25, 0.3) is 0 Å². The molecular formula is C15H24N2O. The highest BCUT2D eigenvalue weighted by Gasteiger charge is 2.33. The highest BCUT2D eigenvalue weighted by atomic mass is 16.3. The first-order chi connectivity index (χ1) is 8.55. The van der Waals surface area contributed by atoms with Crippen LogP contribution in [-0.4, -0.2) is 35.2 Å². The molecule has 1 unspecified atom stereocenters. The van der Waals surface area contributed by atoms with Gasteiger partial charge in [-0.3, -0.25) is 4.90 Å². The summed E-state index contributed by atoms with van der Waals surface area (Å²) in [6.07, 6.45) is 3.34. The highest BCUT2D eigenvalue weighted by Crippen LogP contribution is 2.28. The highest BCUT2D eigenvalue weighted by molar-refractivity contribution is 5.37. The van der Waals surface area contributed by atoms with Gasteiger partial charge >= 0.3 is 0 Å². The minimum atomic E-state index is -0.0399. The summed E-state index contributed by atoms with van der Waals surface area (Å²) in [5.74, 6) is 0.388. The average molecular weight is 248 g/mol. The SMILES string of the molecule is Cc1ccc(O)c(CC(C)(CN)N2CCCC2)c1. The molecule has 0 aromatic heterocycles. The smallest absolute Gasteiger partial charge is 0.118 e. The molecule has 0 bridgehead atoms. The minimum absolute atomic E-state index is 0.0399. The van der Waals surface area contributed by atoms with Crippen molar-refractivity contribution < 1.29 is 5.11 Å². The fourth-order valence-corrected chi connectivity index (χ4v) is 2.84. The first-order valence-corrected chi connectivity index (χ1v) is 6.79. The van der Waals surface area contributed by atoms with Gasteiger partial charge in [-0.15, -0.1) is 0 Å². The van der Waals surface area contributed by atoms with Gasteiger partial charge in [0.15, 0.2) is 0 Å². The van der Waals surface area contributed by atoms with Crippen LogP contribution in [0.25, 0.3) is 0 Å². The first-order valence-electron chi connectivity index (χ1n) is 6.79. The Morgan fingerprint density at radius 2 is 2.00 bits per heavy atom. The molecular weight excluding hydrogens is 224 g/mol. The molecule has 0 spiro atoms. The first kappa shape index (κ1) is 13.4. The number of likely N-dealkylation sites (tertiary alicyclic amines) is 1. The second-order valence-electron chi connectivity index (χ2n) is 5.70. The van der Waals surface area contributed by atoms with Gasteiger partial charge < -0.3 is 10.8 Å². The van der Waals surface area contributed by atoms with Crippen molar-refractivity contribution in [2.45, 2.75) is 38.6 Å². The number of hydrogen-bond acceptors (Lipinski definition) is 3. The van der Waals surface area contributed by atoms with Gasteiger partial charge in [-0.2, -0.15) is 0 Å². The maximum Gasteiger partial charge on any atom is 0.118 e. The summed E-state index contributed by atoms with van der Waals surface area (Å²) < 4.78 is 0. The number of phenolic OH excluding ortho intramolecular Hbond substituents is 1. The van der Waals surface area contributed by atoms with Crippen LogP contribution in [0.2, 0.25) is 0 Å². The number of aromatic hydroxyl groups is 1. The Kier molecular flexibility index (Phi) is 3.93. The average Bonchev–Trinajstić information content (AvgIpc) is 2.88. The van der Waals surface area contributed by atoms with E-state index < -0.39 is 0 Å². The van der Waals surface area contributed by atoms with Gasteiger partial charge in [0.2, 0.25) is 0 Å². The molecule has 1 aliphatic rings. The number of benzene rings is 1. The van der Waals surface area contributed by atoms with Gasteiger partial charge in [-0.1, -0.05) is 17.7 Å². The predicted molar refractivity (Wildman–Crippen MR) is 74.8 cm³/mol. The molecule has 1 aromatic carbocycles. The molecule has 1 aliphatic heterocycles. The molecule has 1 fully saturated rings. The predicted octanol–water partition coefficient (Wildman–Crippen LogP) is 2.06. The Morgan fingerprint density at radius 3 is 2.61 bits per heavy atom. The molecule has 0 radical (unpaired) electrons. The third kappa shape index (κ3) is 2.68. The number of phenols is 1. The second-order valence-corrected chi connectivity index (χ2v) is 5.70. The summed E-state index contributed by atoms with van der Waals surface area (Å²) in [5, 5.41) is 9.98. The van der Waals surface area contributed by atoms with E-state index in [2.05, 4.69) is 24.8 Å². The molecule has 1 saturated heterocycles. The zero-order valence-electron chi connectivity index (χ0n) is 11.4. The van der Waals surface area contributed by atoms with E-state index in [0.29, 0.717) is 12.3 Å². The van der Waals surface area contributed by atoms with Crippen molar-refractivity contribution in [1.82, 2.24) is 4.90 Å². The summed E-state index contributed by atoms with van der Waals surface area (Å²) in [5.41, 5.74) is 8.15. The monoisotopic (exact) mass is 248 g/mol. The van der Waals surface area contributed by atoms with Crippen molar-refractivity contribution in [1.29, 1.82) is 0 Å². The Morgan fingerprint density at radius 1 is 1.33 bits per heavy atom. The van der Waals surface area contributed by atoms with E-state index in [-0.39, 0.29) is 5.54 Å². The lowest BCUT2D eigenvalue weighted by Crippen LogP contribution is -2.51. The van der Waals surface area contributed by atoms with Crippen LogP contribution in [0.3, 0.4) is 0 Å². The van der Waals surface area contributed by atoms with Crippen molar-refractivity contribution in [3.63, 3.8) is 0 Å². The molecule has 0 amide bonds. The fourth-order valence-electron chi connectivity index (χ4n) is 2.84. The minimum Gasteiger partial charge on any atom is -0.508 e. The molecule has 1 aromatic rings. The van der Waals surface area contributed by atoms with Crippen LogP contribution in [0.15, 0.2) is 18.2 Å². The van der Waals surface area contributed by atoms with E-state index in [1.165, 1.54) is 18.4 Å². The maximum absolute atomic E-state index is 9.98. The lowest BCUT2D eigenvalue weighted by molar-refractivity contribution is 0.142. The summed E-state index contributed by atoms with van der Waals surface area (Å²) in [4.78, 5) is 2.47. The fraction of sp³-hybridized carbons (Fsp3) is 0.600. The van der Waals surface area contributed by atoms with Crippen molar-refractivity contribution in [3.8, 4) is 5.75 Å². The number of rotatable bonds is 4. The Bertz CT molecular complexity index is 413. The van der Waals surface area contributed by atoms with E-state index in [0.717, 1.165) is 25.1 Å². The van der Waals surface area contributed by atoms with Gasteiger partial charge in [0, 0.05) is 12.1 Å². The Balaban J connectivity index is 2.21. The molecule has 3 nitrogen and oxygen atoms in total. The normalized spacial score (nSPS) is 19.9. The molecule has 3 N–H and O–H groups in total. The lowest BCUT2D eigenvalue weighted by atomic mass is 9.90. The third-order valence-electron chi connectivity index (χ3n) is 4.12. The number of hydrogen-bond donors (Lipinski definition) is 2. The van der Waals surface area contributed by atoms with Crippen LogP contribution in [0.4, 0.5) is 0 Å². The zero-order valence-corrected chi connectivity index (χ0v) is 11.4. The number of nitrogens with two attached hydrogens (primary N) is 1. The molecule has 1 atom stereocenters. The van der Waals surface area contributed by atoms with Gasteiger partial charge in [0.1, 0.15) is 5.75 Å². The Labute approximate surface area is 110 Å². The lowest BCUT2D eigenvalue weighted by Gasteiger charge is -2.38. The molecule has 0 saturated carbocycles. The quantitative estimate of drug-likeness (QED) is 0.857. The summed E-state index contributed by atoms with van der Waals surface area (Å²) in [6.45, 7) is 7.14. The molecule has 0 aliphatic carbocycles. The van der Waals surface area contributed by atoms with E-state index >= 15 is 0 Å². The summed E-state index contributed by atoms with van der Waals surface area (Å²) in [6, 6.07) is 5.79. The van der Waals surface area contributed by atoms with Crippen molar-refractivity contribution >= 4 is 0 Å². The number of aryl methyl sites for hydroxylation is 1. The third-order valence-corrected chi connectivity index (χ3v) is 4.12. The van der Waals surface area contributed by atoms with Crippen molar-refractivity contribution in [2.24, 2.45) is 5.73 Å². The van der Waals surface area contributed by atoms with Gasteiger partial charge in [-0.25, -0.2) is 0 Å². The second kappa shape index (κ2) is 5.29. The van der Waals surface area contributed by atoms with E-state index in [9.17, 15) is 5.11 Å². The Hall–Kier alpha value is -1.06. The molecule has 100 valence electrons. The topological polar surface area (TPSA) is 49.5 Å². The van der Waals surface area contributed by atoms with Crippen LogP contribution < -0.4 is 5.73 Å². The van der Waals surface area contributed by atoms with E-state index in [4.69, 9.17) is 5.73 Å². The largest absolute Gasteiger partial charge is 0.508 e. The van der Waals surface area contributed by atoms with Crippen LogP contribution in [-0.2, 0) is 6.42 Å². The molecule has 18 heavy (non-hydrogen) atoms. The standard InChI is InChI=1S/C15H24N2O/c1-12-5-6-14(18)13(9-12)10-15(2,11-16)17-7-3-4-8-17/h5-6,9,18H,3-4,7-8,10-11,16H2,1-2H3. The van der Waals surface area contributed by atoms with Crippen molar-refractivity contribution in [2.75, 3.05) is 19.6 Å². The maximum atomic E-state index is 9.98. The van der Waals surface area contributed by atoms with Crippen LogP contribution in [0, 0.1) is 6.92 Å². The van der Waals surface area contributed by atoms with E-state index in [1.807, 2.05) is 6.07 Å². The molecule has 1 heterocycles. The van der Waals surface area contributed by atoms with Crippen LogP contribution >= 0.6 is 0 Å². The molecule has 3 heteroatoms. The zero-order chi connectivity index (χ0) is 13.2. The van der Waals surface area contributed by atoms with Gasteiger partial charge in [0.05, 0.1) is 0 Å². The summed E-state index contributed by atoms with van der Waals surface area (Å²) in [7, 11) is 0.